The molecule has 3 heterocycles. The number of aromatic nitrogens is 1. The van der Waals surface area contributed by atoms with E-state index in [1.807, 2.05) is 32.0 Å². The van der Waals surface area contributed by atoms with E-state index >= 15 is 0 Å². The second-order valence-electron chi connectivity index (χ2n) is 10.5. The minimum absolute atomic E-state index is 0.0426. The van der Waals surface area contributed by atoms with E-state index in [1.165, 1.54) is 17.0 Å². The van der Waals surface area contributed by atoms with Gasteiger partial charge in [-0.3, -0.25) is 10.2 Å². The fourth-order valence-electron chi connectivity index (χ4n) is 5.51. The van der Waals surface area contributed by atoms with Crippen molar-refractivity contribution in [2.24, 2.45) is 5.73 Å². The van der Waals surface area contributed by atoms with Crippen LogP contribution in [0.4, 0.5) is 0 Å². The zero-order chi connectivity index (χ0) is 30.3. The lowest BCUT2D eigenvalue weighted by Gasteiger charge is -2.37. The molecule has 14 heteroatoms. The number of pyridine rings is 1. The van der Waals surface area contributed by atoms with Crippen molar-refractivity contribution >= 4 is 56.0 Å². The number of rotatable bonds is 6. The summed E-state index contributed by atoms with van der Waals surface area (Å²) in [5, 5.41) is 19.1. The number of piperazine rings is 1. The number of aliphatic hydroxyl groups is 1. The highest BCUT2D eigenvalue weighted by Gasteiger charge is 2.46. The Morgan fingerprint density at radius 2 is 1.83 bits per heavy atom. The number of aryl methyl sites for hydroxylation is 2. The van der Waals surface area contributed by atoms with Gasteiger partial charge in [0.2, 0.25) is 15.9 Å². The second-order valence-corrected chi connectivity index (χ2v) is 13.2. The van der Waals surface area contributed by atoms with E-state index in [9.17, 15) is 18.3 Å². The van der Waals surface area contributed by atoms with Crippen LogP contribution in [0.25, 0.3) is 10.9 Å². The first kappa shape index (κ1) is 30.3. The van der Waals surface area contributed by atoms with E-state index in [1.54, 1.807) is 11.0 Å². The van der Waals surface area contributed by atoms with Crippen molar-refractivity contribution in [3.8, 4) is 5.75 Å². The Kier molecular flexibility index (Phi) is 8.55. The van der Waals surface area contributed by atoms with E-state index in [0.29, 0.717) is 24.4 Å². The van der Waals surface area contributed by atoms with Gasteiger partial charge in [-0.25, -0.2) is 13.4 Å². The summed E-state index contributed by atoms with van der Waals surface area (Å²) in [6.45, 7) is 4.79. The van der Waals surface area contributed by atoms with Crippen molar-refractivity contribution in [2.75, 3.05) is 32.7 Å². The maximum Gasteiger partial charge on any atom is 0.245 e. The molecule has 5 rings (SSSR count). The first-order chi connectivity index (χ1) is 19.9. The van der Waals surface area contributed by atoms with E-state index in [-0.39, 0.29) is 59.1 Å². The number of aliphatic hydroxyl groups excluding tert-OH is 1. The van der Waals surface area contributed by atoms with Gasteiger partial charge in [-0.2, -0.15) is 4.31 Å². The number of para-hydroxylation sites is 1. The van der Waals surface area contributed by atoms with Crippen molar-refractivity contribution in [3.05, 3.63) is 63.3 Å². The van der Waals surface area contributed by atoms with Gasteiger partial charge in [0, 0.05) is 60.8 Å². The molecule has 2 fully saturated rings. The maximum absolute atomic E-state index is 13.9. The number of carbonyl (C=O) groups is 1. The fraction of sp³-hybridized carbons (Fsp3) is 0.393. The molecule has 42 heavy (non-hydrogen) atoms. The van der Waals surface area contributed by atoms with Gasteiger partial charge in [-0.05, 0) is 43.7 Å². The summed E-state index contributed by atoms with van der Waals surface area (Å²) < 4.78 is 35.0. The quantitative estimate of drug-likeness (QED) is 0.276. The van der Waals surface area contributed by atoms with Gasteiger partial charge in [0.15, 0.2) is 5.96 Å². The molecule has 2 aromatic carbocycles. The number of carbonyl (C=O) groups excluding carboxylic acids is 1. The van der Waals surface area contributed by atoms with Crippen molar-refractivity contribution in [3.63, 3.8) is 0 Å². The SMILES string of the molecule is Cc1cc(C)c2cccc(OCc3c(Cl)ccc(S(=O)(=O)N4CC(O)CC4C(=O)N4CCN(C(=N)N)CC4)c3Cl)c2n1. The molecule has 0 saturated carbocycles. The Labute approximate surface area is 254 Å². The largest absolute Gasteiger partial charge is 0.487 e. The number of sulfonamides is 1. The predicted octanol–water partition coefficient (Wildman–Crippen LogP) is 2.90. The molecule has 2 saturated heterocycles. The highest BCUT2D eigenvalue weighted by Crippen LogP contribution is 2.37. The highest BCUT2D eigenvalue weighted by molar-refractivity contribution is 7.89. The smallest absolute Gasteiger partial charge is 0.245 e. The van der Waals surface area contributed by atoms with Crippen LogP contribution in [0.5, 0.6) is 5.75 Å². The Morgan fingerprint density at radius 3 is 2.52 bits per heavy atom. The third kappa shape index (κ3) is 5.73. The van der Waals surface area contributed by atoms with E-state index < -0.39 is 28.1 Å². The van der Waals surface area contributed by atoms with Crippen molar-refractivity contribution in [2.45, 2.75) is 43.9 Å². The number of nitrogens with zero attached hydrogens (tertiary/aromatic N) is 4. The molecule has 0 radical (unpaired) electrons. The van der Waals surface area contributed by atoms with E-state index in [0.717, 1.165) is 20.9 Å². The predicted molar refractivity (Wildman–Crippen MR) is 160 cm³/mol. The Hall–Kier alpha value is -3.16. The lowest BCUT2D eigenvalue weighted by Crippen LogP contribution is -2.56. The standard InChI is InChI=1S/C28H32Cl2N6O5S/c1-16-12-17(2)33-26-19(16)4-3-5-23(26)41-15-20-21(29)6-7-24(25(20)30)42(39,40)36-14-18(37)13-22(36)27(38)34-8-10-35(11-9-34)28(31)32/h3-7,12,18,22,37H,8-11,13-15H2,1-2H3,(H3,31,32). The number of guanidine groups is 1. The number of benzene rings is 2. The topological polar surface area (TPSA) is 153 Å². The zero-order valence-electron chi connectivity index (χ0n) is 23.2. The molecule has 2 aliphatic rings. The third-order valence-corrected chi connectivity index (χ3v) is 10.5. The molecular formula is C28H32Cl2N6O5S. The normalized spacial score (nSPS) is 19.8. The molecule has 0 bridgehead atoms. The molecular weight excluding hydrogens is 603 g/mol. The maximum atomic E-state index is 13.9. The van der Waals surface area contributed by atoms with Crippen molar-refractivity contribution in [1.29, 1.82) is 5.41 Å². The van der Waals surface area contributed by atoms with Crippen molar-refractivity contribution in [1.82, 2.24) is 19.1 Å². The lowest BCUT2D eigenvalue weighted by molar-refractivity contribution is -0.136. The molecule has 0 spiro atoms. The van der Waals surface area contributed by atoms with E-state index in [2.05, 4.69) is 4.98 Å². The lowest BCUT2D eigenvalue weighted by atomic mass is 10.1. The number of nitrogens with two attached hydrogens (primary N) is 1. The average molecular weight is 636 g/mol. The summed E-state index contributed by atoms with van der Waals surface area (Å²) >= 11 is 13.2. The third-order valence-electron chi connectivity index (χ3n) is 7.70. The molecule has 3 aromatic rings. The fourth-order valence-corrected chi connectivity index (χ4v) is 8.00. The molecule has 224 valence electrons. The molecule has 0 aliphatic carbocycles. The van der Waals surface area contributed by atoms with Crippen LogP contribution in [0, 0.1) is 19.3 Å². The number of ether oxygens (including phenoxy) is 1. The molecule has 2 unspecified atom stereocenters. The molecule has 2 aliphatic heterocycles. The summed E-state index contributed by atoms with van der Waals surface area (Å²) in [4.78, 5) is 21.0. The zero-order valence-corrected chi connectivity index (χ0v) is 25.5. The van der Waals surface area contributed by atoms with Crippen LogP contribution in [0.15, 0.2) is 41.3 Å². The first-order valence-electron chi connectivity index (χ1n) is 13.4. The molecule has 4 N–H and O–H groups in total. The second kappa shape index (κ2) is 11.8. The van der Waals surface area contributed by atoms with Crippen molar-refractivity contribution < 1.29 is 23.1 Å². The van der Waals surface area contributed by atoms with Crippen LogP contribution in [0.1, 0.15) is 23.2 Å². The van der Waals surface area contributed by atoms with Gasteiger partial charge >= 0.3 is 0 Å². The van der Waals surface area contributed by atoms with Gasteiger partial charge in [-0.15, -0.1) is 0 Å². The molecule has 1 aromatic heterocycles. The number of hydrogen-bond donors (Lipinski definition) is 3. The van der Waals surface area contributed by atoms with Crippen LogP contribution >= 0.6 is 23.2 Å². The van der Waals surface area contributed by atoms with Crippen LogP contribution in [-0.2, 0) is 21.4 Å². The number of hydrogen-bond acceptors (Lipinski definition) is 7. The average Bonchev–Trinajstić information content (AvgIpc) is 3.35. The van der Waals surface area contributed by atoms with Gasteiger partial charge in [0.05, 0.1) is 11.1 Å². The summed E-state index contributed by atoms with van der Waals surface area (Å²) in [5.41, 5.74) is 8.37. The minimum Gasteiger partial charge on any atom is -0.487 e. The van der Waals surface area contributed by atoms with Crippen LogP contribution in [0.2, 0.25) is 10.0 Å². The van der Waals surface area contributed by atoms with Gasteiger partial charge in [-0.1, -0.05) is 35.3 Å². The van der Waals surface area contributed by atoms with Crippen LogP contribution in [-0.4, -0.2) is 89.3 Å². The summed E-state index contributed by atoms with van der Waals surface area (Å²) in [6.07, 6.45) is -1.06. The number of β-amino-alcohol motifs (C(OH)–C–C–N with tert-alkyl or cyclic N) is 1. The van der Waals surface area contributed by atoms with Gasteiger partial charge < -0.3 is 25.4 Å². The number of fused-ring (bicyclic) bond motifs is 1. The summed E-state index contributed by atoms with van der Waals surface area (Å²) in [6, 6.07) is 9.17. The monoisotopic (exact) mass is 634 g/mol. The molecule has 11 nitrogen and oxygen atoms in total. The Balaban J connectivity index is 1.41. The van der Waals surface area contributed by atoms with Gasteiger partial charge in [0.25, 0.3) is 0 Å². The van der Waals surface area contributed by atoms with E-state index in [4.69, 9.17) is 39.1 Å². The molecule has 1 amide bonds. The number of halogens is 2. The number of amides is 1. The minimum atomic E-state index is -4.32. The molecule has 2 atom stereocenters. The van der Waals surface area contributed by atoms with Crippen LogP contribution in [0.3, 0.4) is 0 Å². The Bertz CT molecular complexity index is 1660. The Morgan fingerprint density at radius 1 is 1.14 bits per heavy atom. The van der Waals surface area contributed by atoms with Crippen LogP contribution < -0.4 is 10.5 Å². The summed E-state index contributed by atoms with van der Waals surface area (Å²) in [5.74, 6) is 0.000555. The highest BCUT2D eigenvalue weighted by atomic mass is 35.5. The number of nitrogens with one attached hydrogen (secondary N) is 1. The summed E-state index contributed by atoms with van der Waals surface area (Å²) in [7, 11) is -4.32. The first-order valence-corrected chi connectivity index (χ1v) is 15.6. The van der Waals surface area contributed by atoms with Gasteiger partial charge in [0.1, 0.15) is 28.8 Å².